The van der Waals surface area contributed by atoms with Crippen molar-refractivity contribution in [2.75, 3.05) is 31.6 Å². The van der Waals surface area contributed by atoms with Crippen molar-refractivity contribution in [1.82, 2.24) is 25.2 Å². The number of amides is 2. The molecule has 2 aromatic carbocycles. The zero-order valence-electron chi connectivity index (χ0n) is 20.5. The Labute approximate surface area is 209 Å². The lowest BCUT2D eigenvalue weighted by atomic mass is 10.1. The van der Waals surface area contributed by atoms with Crippen LogP contribution in [0.1, 0.15) is 24.3 Å². The molecule has 0 spiro atoms. The van der Waals surface area contributed by atoms with Crippen LogP contribution in [0.2, 0.25) is 0 Å². The SMILES string of the molecule is CNC(=O)c1nccc2c(OC(C)C(=O)N3CCN(c4ncnc5ccccc45)CC3C)cccc12. The van der Waals surface area contributed by atoms with Crippen LogP contribution in [0.5, 0.6) is 5.75 Å². The molecular formula is C27H28N6O3. The van der Waals surface area contributed by atoms with Crippen LogP contribution in [-0.4, -0.2) is 70.5 Å². The van der Waals surface area contributed by atoms with Crippen molar-refractivity contribution in [3.05, 3.63) is 66.7 Å². The summed E-state index contributed by atoms with van der Waals surface area (Å²) in [5.41, 5.74) is 1.22. The van der Waals surface area contributed by atoms with Gasteiger partial charge in [-0.25, -0.2) is 9.97 Å². The standard InChI is InChI=1S/C27H28N6O3/c1-17-15-32(25-21-7-4-5-9-22(21)30-16-31-25)13-14-33(17)27(35)18(2)36-23-10-6-8-20-19(23)11-12-29-24(20)26(34)28-3/h4-12,16-18H,13-15H2,1-3H3,(H,28,34). The third-order valence-corrected chi connectivity index (χ3v) is 6.59. The minimum Gasteiger partial charge on any atom is -0.480 e. The molecule has 9 heteroatoms. The van der Waals surface area contributed by atoms with E-state index < -0.39 is 6.10 Å². The van der Waals surface area contributed by atoms with E-state index in [-0.39, 0.29) is 17.9 Å². The van der Waals surface area contributed by atoms with E-state index in [0.717, 1.165) is 22.1 Å². The van der Waals surface area contributed by atoms with E-state index in [1.54, 1.807) is 44.7 Å². The lowest BCUT2D eigenvalue weighted by Gasteiger charge is -2.41. The fourth-order valence-electron chi connectivity index (χ4n) is 4.77. The number of hydrogen-bond acceptors (Lipinski definition) is 7. The summed E-state index contributed by atoms with van der Waals surface area (Å²) in [6.07, 6.45) is 2.47. The second-order valence-electron chi connectivity index (χ2n) is 8.89. The Hall–Kier alpha value is -4.27. The van der Waals surface area contributed by atoms with Crippen LogP contribution < -0.4 is 15.0 Å². The molecule has 36 heavy (non-hydrogen) atoms. The van der Waals surface area contributed by atoms with Crippen LogP contribution >= 0.6 is 0 Å². The molecular weight excluding hydrogens is 456 g/mol. The van der Waals surface area contributed by atoms with Gasteiger partial charge in [-0.05, 0) is 38.1 Å². The lowest BCUT2D eigenvalue weighted by Crippen LogP contribution is -2.56. The first kappa shape index (κ1) is 23.5. The summed E-state index contributed by atoms with van der Waals surface area (Å²) < 4.78 is 6.14. The van der Waals surface area contributed by atoms with Crippen molar-refractivity contribution in [2.24, 2.45) is 0 Å². The predicted molar refractivity (Wildman–Crippen MR) is 138 cm³/mol. The molecule has 1 N–H and O–H groups in total. The number of aromatic nitrogens is 3. The topological polar surface area (TPSA) is 101 Å². The Kier molecular flexibility index (Phi) is 6.37. The summed E-state index contributed by atoms with van der Waals surface area (Å²) in [5, 5.41) is 5.02. The quantitative estimate of drug-likeness (QED) is 0.465. The number of fused-ring (bicyclic) bond motifs is 2. The summed E-state index contributed by atoms with van der Waals surface area (Å²) in [5.74, 6) is 1.08. The minimum absolute atomic E-state index is 0.0254. The summed E-state index contributed by atoms with van der Waals surface area (Å²) in [4.78, 5) is 42.8. The number of pyridine rings is 1. The molecule has 9 nitrogen and oxygen atoms in total. The molecule has 184 valence electrons. The van der Waals surface area contributed by atoms with Crippen LogP contribution in [0, 0.1) is 0 Å². The Morgan fingerprint density at radius 2 is 1.81 bits per heavy atom. The van der Waals surface area contributed by atoms with E-state index in [1.165, 1.54) is 0 Å². The molecule has 4 aromatic rings. The fraction of sp³-hybridized carbons (Fsp3) is 0.296. The van der Waals surface area contributed by atoms with Crippen molar-refractivity contribution in [3.63, 3.8) is 0 Å². The number of para-hydroxylation sites is 1. The van der Waals surface area contributed by atoms with Gasteiger partial charge in [0.25, 0.3) is 11.8 Å². The van der Waals surface area contributed by atoms with Gasteiger partial charge in [-0.3, -0.25) is 14.6 Å². The molecule has 1 fully saturated rings. The number of hydrogen-bond donors (Lipinski definition) is 1. The molecule has 1 aliphatic heterocycles. The van der Waals surface area contributed by atoms with Crippen molar-refractivity contribution in [3.8, 4) is 5.75 Å². The zero-order valence-corrected chi connectivity index (χ0v) is 20.5. The maximum atomic E-state index is 13.4. The average molecular weight is 485 g/mol. The monoisotopic (exact) mass is 484 g/mol. The van der Waals surface area contributed by atoms with Gasteiger partial charge in [-0.15, -0.1) is 0 Å². The van der Waals surface area contributed by atoms with Gasteiger partial charge in [-0.1, -0.05) is 24.3 Å². The molecule has 1 saturated heterocycles. The Morgan fingerprint density at radius 3 is 2.61 bits per heavy atom. The molecule has 2 atom stereocenters. The first-order chi connectivity index (χ1) is 17.5. The van der Waals surface area contributed by atoms with Crippen LogP contribution in [0.3, 0.4) is 0 Å². The second kappa shape index (κ2) is 9.77. The Bertz CT molecular complexity index is 1440. The molecule has 3 heterocycles. The van der Waals surface area contributed by atoms with Crippen LogP contribution in [0.25, 0.3) is 21.7 Å². The third kappa shape index (κ3) is 4.28. The number of benzene rings is 2. The van der Waals surface area contributed by atoms with Crippen molar-refractivity contribution in [2.45, 2.75) is 26.0 Å². The summed E-state index contributed by atoms with van der Waals surface area (Å²) in [6, 6.07) is 15.2. The third-order valence-electron chi connectivity index (χ3n) is 6.59. The molecule has 0 bridgehead atoms. The van der Waals surface area contributed by atoms with Crippen molar-refractivity contribution < 1.29 is 14.3 Å². The highest BCUT2D eigenvalue weighted by Gasteiger charge is 2.32. The highest BCUT2D eigenvalue weighted by molar-refractivity contribution is 6.06. The largest absolute Gasteiger partial charge is 0.480 e. The summed E-state index contributed by atoms with van der Waals surface area (Å²) in [7, 11) is 1.57. The smallest absolute Gasteiger partial charge is 0.270 e. The molecule has 2 amide bonds. The molecule has 1 aliphatic rings. The number of nitrogens with zero attached hydrogens (tertiary/aromatic N) is 5. The van der Waals surface area contributed by atoms with E-state index in [4.69, 9.17) is 4.74 Å². The van der Waals surface area contributed by atoms with Gasteiger partial charge in [-0.2, -0.15) is 0 Å². The number of piperazine rings is 1. The molecule has 2 aromatic heterocycles. The summed E-state index contributed by atoms with van der Waals surface area (Å²) >= 11 is 0. The van der Waals surface area contributed by atoms with E-state index in [0.29, 0.717) is 36.5 Å². The molecule has 2 unspecified atom stereocenters. The number of anilines is 1. The van der Waals surface area contributed by atoms with Gasteiger partial charge in [0, 0.05) is 55.1 Å². The molecule has 0 radical (unpaired) electrons. The number of ether oxygens (including phenoxy) is 1. The fourth-order valence-corrected chi connectivity index (χ4v) is 4.77. The van der Waals surface area contributed by atoms with Crippen LogP contribution in [0.15, 0.2) is 61.1 Å². The van der Waals surface area contributed by atoms with Crippen molar-refractivity contribution >= 4 is 39.3 Å². The average Bonchev–Trinajstić information content (AvgIpc) is 2.91. The predicted octanol–water partition coefficient (Wildman–Crippen LogP) is 3.04. The van der Waals surface area contributed by atoms with E-state index in [1.807, 2.05) is 42.2 Å². The highest BCUT2D eigenvalue weighted by Crippen LogP contribution is 2.29. The molecule has 0 aliphatic carbocycles. The van der Waals surface area contributed by atoms with Gasteiger partial charge in [0.1, 0.15) is 23.6 Å². The highest BCUT2D eigenvalue weighted by atomic mass is 16.5. The number of nitrogens with one attached hydrogen (secondary N) is 1. The van der Waals surface area contributed by atoms with Crippen LogP contribution in [-0.2, 0) is 4.79 Å². The zero-order chi connectivity index (χ0) is 25.2. The maximum absolute atomic E-state index is 13.4. The molecule has 0 saturated carbocycles. The van der Waals surface area contributed by atoms with Gasteiger partial charge >= 0.3 is 0 Å². The Morgan fingerprint density at radius 1 is 1.00 bits per heavy atom. The first-order valence-electron chi connectivity index (χ1n) is 12.0. The van der Waals surface area contributed by atoms with Crippen molar-refractivity contribution in [1.29, 1.82) is 0 Å². The van der Waals surface area contributed by atoms with E-state index in [2.05, 4.69) is 25.2 Å². The summed E-state index contributed by atoms with van der Waals surface area (Å²) in [6.45, 7) is 5.69. The lowest BCUT2D eigenvalue weighted by molar-refractivity contribution is -0.140. The minimum atomic E-state index is -0.693. The molecule has 5 rings (SSSR count). The second-order valence-corrected chi connectivity index (χ2v) is 8.89. The van der Waals surface area contributed by atoms with Crippen LogP contribution in [0.4, 0.5) is 5.82 Å². The van der Waals surface area contributed by atoms with E-state index >= 15 is 0 Å². The number of rotatable bonds is 5. The Balaban J connectivity index is 1.32. The van der Waals surface area contributed by atoms with E-state index in [9.17, 15) is 9.59 Å². The number of carbonyl (C=O) groups is 2. The van der Waals surface area contributed by atoms with Gasteiger partial charge in [0.05, 0.1) is 5.52 Å². The first-order valence-corrected chi connectivity index (χ1v) is 12.0. The van der Waals surface area contributed by atoms with Gasteiger partial charge in [0.2, 0.25) is 0 Å². The number of carbonyl (C=O) groups excluding carboxylic acids is 2. The van der Waals surface area contributed by atoms with Gasteiger partial charge < -0.3 is 19.9 Å². The normalized spacial score (nSPS) is 16.7. The van der Waals surface area contributed by atoms with Gasteiger partial charge in [0.15, 0.2) is 6.10 Å². The maximum Gasteiger partial charge on any atom is 0.270 e.